The number of methoxy groups -OCH3 is 1. The van der Waals surface area contributed by atoms with Gasteiger partial charge in [-0.3, -0.25) is 4.79 Å². The lowest BCUT2D eigenvalue weighted by atomic mass is 9.77. The average molecular weight is 474 g/mol. The Bertz CT molecular complexity index is 1320. The smallest absolute Gasteiger partial charge is 0.343 e. The monoisotopic (exact) mass is 473 g/mol. The number of carbonyl (C=O) groups excluding carboxylic acids is 1. The van der Waals surface area contributed by atoms with E-state index in [9.17, 15) is 9.59 Å². The van der Waals surface area contributed by atoms with Crippen LogP contribution in [0.3, 0.4) is 0 Å². The largest absolute Gasteiger partial charge is 0.493 e. The Kier molecular flexibility index (Phi) is 5.91. The maximum atomic E-state index is 13.0. The van der Waals surface area contributed by atoms with Gasteiger partial charge in [-0.15, -0.1) is 0 Å². The van der Waals surface area contributed by atoms with Gasteiger partial charge in [-0.2, -0.15) is 0 Å². The standard InChI is InChI=1S/C29H31NO5/c1-5-34-28(32)22-16-30-23(15-24(22)31)21-14-25(33-4)26(35-17-18-9-7-6-8-10-18)13-20(21)19-11-12-29(2,3)27(19)30/h6-10,13-16,19,27H,5,11-12,17H2,1-4H3/t19-,27+/m1/s1. The minimum atomic E-state index is -0.576. The van der Waals surface area contributed by atoms with E-state index in [1.54, 1.807) is 26.3 Å². The Hall–Kier alpha value is -3.54. The number of nitrogens with zero attached hydrogens (tertiary/aromatic N) is 1. The predicted molar refractivity (Wildman–Crippen MR) is 134 cm³/mol. The minimum absolute atomic E-state index is 0.0108. The molecule has 182 valence electrons. The molecule has 1 fully saturated rings. The van der Waals surface area contributed by atoms with Crippen LogP contribution in [0.25, 0.3) is 11.3 Å². The Morgan fingerprint density at radius 1 is 1.11 bits per heavy atom. The zero-order valence-electron chi connectivity index (χ0n) is 20.7. The first-order valence-corrected chi connectivity index (χ1v) is 12.2. The highest BCUT2D eigenvalue weighted by Gasteiger charge is 2.47. The van der Waals surface area contributed by atoms with Crippen molar-refractivity contribution in [2.45, 2.75) is 52.2 Å². The van der Waals surface area contributed by atoms with Gasteiger partial charge < -0.3 is 18.8 Å². The number of ether oxygens (including phenoxy) is 3. The molecule has 0 amide bonds. The molecule has 0 radical (unpaired) electrons. The van der Waals surface area contributed by atoms with E-state index in [0.29, 0.717) is 18.1 Å². The van der Waals surface area contributed by atoms with E-state index in [1.165, 1.54) is 0 Å². The summed E-state index contributed by atoms with van der Waals surface area (Å²) in [6, 6.07) is 15.8. The molecule has 0 saturated heterocycles. The van der Waals surface area contributed by atoms with Gasteiger partial charge in [0.25, 0.3) is 0 Å². The summed E-state index contributed by atoms with van der Waals surface area (Å²) in [4.78, 5) is 25.5. The van der Waals surface area contributed by atoms with Crippen molar-refractivity contribution in [3.05, 3.63) is 81.6 Å². The third-order valence-electron chi connectivity index (χ3n) is 7.40. The van der Waals surface area contributed by atoms with Crippen molar-refractivity contribution < 1.29 is 19.0 Å². The van der Waals surface area contributed by atoms with Crippen molar-refractivity contribution in [3.63, 3.8) is 0 Å². The molecule has 6 heteroatoms. The topological polar surface area (TPSA) is 66.8 Å². The fourth-order valence-electron chi connectivity index (χ4n) is 5.74. The molecule has 2 aromatic carbocycles. The van der Waals surface area contributed by atoms with Gasteiger partial charge >= 0.3 is 5.97 Å². The highest BCUT2D eigenvalue weighted by Crippen LogP contribution is 2.59. The van der Waals surface area contributed by atoms with E-state index in [-0.39, 0.29) is 35.0 Å². The van der Waals surface area contributed by atoms with E-state index in [0.717, 1.165) is 35.2 Å². The minimum Gasteiger partial charge on any atom is -0.493 e. The fraction of sp³-hybridized carbons (Fsp3) is 0.379. The van der Waals surface area contributed by atoms with Gasteiger partial charge in [0, 0.05) is 29.8 Å². The molecule has 6 nitrogen and oxygen atoms in total. The quantitative estimate of drug-likeness (QED) is 0.427. The fourth-order valence-corrected chi connectivity index (χ4v) is 5.74. The van der Waals surface area contributed by atoms with Crippen molar-refractivity contribution in [2.24, 2.45) is 5.41 Å². The molecule has 2 heterocycles. The average Bonchev–Trinajstić information content (AvgIpc) is 3.18. The highest BCUT2D eigenvalue weighted by atomic mass is 16.5. The number of aromatic nitrogens is 1. The first-order chi connectivity index (χ1) is 16.8. The van der Waals surface area contributed by atoms with Gasteiger partial charge in [0.15, 0.2) is 16.9 Å². The summed E-state index contributed by atoms with van der Waals surface area (Å²) in [5, 5.41) is 0. The second-order valence-electron chi connectivity index (χ2n) is 10.0. The first-order valence-electron chi connectivity index (χ1n) is 12.2. The number of benzene rings is 2. The van der Waals surface area contributed by atoms with Crippen LogP contribution in [0.15, 0.2) is 59.5 Å². The summed E-state index contributed by atoms with van der Waals surface area (Å²) in [6.45, 7) is 6.91. The second-order valence-corrected chi connectivity index (χ2v) is 10.0. The van der Waals surface area contributed by atoms with Gasteiger partial charge in [0.1, 0.15) is 12.2 Å². The Balaban J connectivity index is 1.64. The van der Waals surface area contributed by atoms with Crippen molar-refractivity contribution >= 4 is 5.97 Å². The second kappa shape index (κ2) is 8.91. The van der Waals surface area contributed by atoms with Crippen molar-refractivity contribution in [2.75, 3.05) is 13.7 Å². The summed E-state index contributed by atoms with van der Waals surface area (Å²) in [6.07, 6.45) is 3.75. The van der Waals surface area contributed by atoms with Crippen LogP contribution < -0.4 is 14.9 Å². The van der Waals surface area contributed by atoms with Crippen LogP contribution in [-0.2, 0) is 11.3 Å². The molecule has 1 aliphatic heterocycles. The van der Waals surface area contributed by atoms with E-state index in [1.807, 2.05) is 36.4 Å². The molecule has 0 bridgehead atoms. The molecule has 0 unspecified atom stereocenters. The van der Waals surface area contributed by atoms with Crippen LogP contribution in [0.2, 0.25) is 0 Å². The molecule has 5 rings (SSSR count). The molecular weight excluding hydrogens is 442 g/mol. The van der Waals surface area contributed by atoms with Crippen LogP contribution >= 0.6 is 0 Å². The van der Waals surface area contributed by atoms with Crippen LogP contribution in [0.5, 0.6) is 11.5 Å². The summed E-state index contributed by atoms with van der Waals surface area (Å²) in [5.41, 5.74) is 3.71. The molecule has 0 spiro atoms. The summed E-state index contributed by atoms with van der Waals surface area (Å²) in [7, 11) is 1.62. The number of rotatable bonds is 6. The maximum Gasteiger partial charge on any atom is 0.343 e. The first kappa shape index (κ1) is 23.2. The van der Waals surface area contributed by atoms with E-state index in [2.05, 4.69) is 24.5 Å². The number of carbonyl (C=O) groups is 1. The van der Waals surface area contributed by atoms with E-state index >= 15 is 0 Å². The number of hydrogen-bond donors (Lipinski definition) is 0. The number of pyridine rings is 1. The van der Waals surface area contributed by atoms with E-state index < -0.39 is 5.97 Å². The highest BCUT2D eigenvalue weighted by molar-refractivity contribution is 5.89. The third kappa shape index (κ3) is 4.01. The molecule has 2 atom stereocenters. The Labute approximate surface area is 205 Å². The number of esters is 1. The molecule has 3 aromatic rings. The summed E-state index contributed by atoms with van der Waals surface area (Å²) < 4.78 is 19.2. The van der Waals surface area contributed by atoms with E-state index in [4.69, 9.17) is 14.2 Å². The molecular formula is C29H31NO5. The van der Waals surface area contributed by atoms with Crippen molar-refractivity contribution in [3.8, 4) is 22.8 Å². The van der Waals surface area contributed by atoms with Crippen LogP contribution in [0, 0.1) is 5.41 Å². The number of hydrogen-bond acceptors (Lipinski definition) is 5. The lowest BCUT2D eigenvalue weighted by Crippen LogP contribution is -2.32. The van der Waals surface area contributed by atoms with Crippen molar-refractivity contribution in [1.29, 1.82) is 0 Å². The van der Waals surface area contributed by atoms with Crippen LogP contribution in [-0.4, -0.2) is 24.3 Å². The zero-order valence-corrected chi connectivity index (χ0v) is 20.7. The van der Waals surface area contributed by atoms with Crippen molar-refractivity contribution in [1.82, 2.24) is 4.57 Å². The molecule has 1 saturated carbocycles. The normalized spacial score (nSPS) is 19.3. The molecule has 1 aliphatic carbocycles. The van der Waals surface area contributed by atoms with Gasteiger partial charge in [0.05, 0.1) is 19.4 Å². The molecule has 0 N–H and O–H groups in total. The van der Waals surface area contributed by atoms with Crippen LogP contribution in [0.1, 0.15) is 67.1 Å². The van der Waals surface area contributed by atoms with Gasteiger partial charge in [0.2, 0.25) is 0 Å². The number of fused-ring (bicyclic) bond motifs is 6. The van der Waals surface area contributed by atoms with Gasteiger partial charge in [-0.1, -0.05) is 44.2 Å². The molecule has 2 aliphatic rings. The Morgan fingerprint density at radius 2 is 1.89 bits per heavy atom. The molecule has 35 heavy (non-hydrogen) atoms. The lowest BCUT2D eigenvalue weighted by Gasteiger charge is -2.40. The maximum absolute atomic E-state index is 13.0. The summed E-state index contributed by atoms with van der Waals surface area (Å²) in [5.74, 6) is 0.963. The predicted octanol–water partition coefficient (Wildman–Crippen LogP) is 5.74. The van der Waals surface area contributed by atoms with Crippen LogP contribution in [0.4, 0.5) is 0 Å². The lowest BCUT2D eigenvalue weighted by molar-refractivity contribution is 0.0523. The Morgan fingerprint density at radius 3 is 2.60 bits per heavy atom. The molecule has 1 aromatic heterocycles. The zero-order chi connectivity index (χ0) is 24.7. The summed E-state index contributed by atoms with van der Waals surface area (Å²) >= 11 is 0. The van der Waals surface area contributed by atoms with Gasteiger partial charge in [-0.25, -0.2) is 4.79 Å². The SMILES string of the molecule is CCOC(=O)c1cn2c(cc1=O)-c1cc(OC)c(OCc3ccccc3)cc1[C@H]1CCC(C)(C)[C@H]12. The van der Waals surface area contributed by atoms with Gasteiger partial charge in [-0.05, 0) is 48.4 Å². The third-order valence-corrected chi connectivity index (χ3v) is 7.40.